The molecule has 0 radical (unpaired) electrons. The number of alkyl halides is 6. The standard InChI is InChI=1S/C21H14Cl2F6N4O/c22-11-3-1-10(2-4-11)15-8-17(21(27,28)29)33-18(30-15)9-16(32-33)19(34)31-14-6-5-12(23)7-13(14)20(24,25)26/h1-7,9,15,17,30H,8H2,(H,31,34). The molecule has 0 fully saturated rings. The van der Waals surface area contributed by atoms with Crippen LogP contribution in [-0.4, -0.2) is 21.9 Å². The molecule has 0 saturated carbocycles. The Morgan fingerprint density at radius 3 is 2.26 bits per heavy atom. The van der Waals surface area contributed by atoms with Crippen molar-refractivity contribution >= 4 is 40.6 Å². The van der Waals surface area contributed by atoms with Gasteiger partial charge in [0.15, 0.2) is 11.7 Å². The van der Waals surface area contributed by atoms with Crippen LogP contribution in [0.3, 0.4) is 0 Å². The number of nitrogens with one attached hydrogen (secondary N) is 2. The van der Waals surface area contributed by atoms with Gasteiger partial charge in [-0.25, -0.2) is 4.68 Å². The van der Waals surface area contributed by atoms with Crippen LogP contribution in [0.5, 0.6) is 0 Å². The van der Waals surface area contributed by atoms with Crippen molar-refractivity contribution < 1.29 is 31.1 Å². The number of benzene rings is 2. The van der Waals surface area contributed by atoms with Crippen LogP contribution in [0.1, 0.15) is 40.1 Å². The van der Waals surface area contributed by atoms with E-state index in [-0.39, 0.29) is 10.8 Å². The summed E-state index contributed by atoms with van der Waals surface area (Å²) in [6.07, 6.45) is -9.94. The lowest BCUT2D eigenvalue weighted by molar-refractivity contribution is -0.173. The second kappa shape index (κ2) is 8.70. The molecule has 0 bridgehead atoms. The van der Waals surface area contributed by atoms with Gasteiger partial charge in [-0.2, -0.15) is 31.4 Å². The van der Waals surface area contributed by atoms with Gasteiger partial charge in [-0.3, -0.25) is 4.79 Å². The number of hydrogen-bond acceptors (Lipinski definition) is 3. The number of fused-ring (bicyclic) bond motifs is 1. The summed E-state index contributed by atoms with van der Waals surface area (Å²) >= 11 is 11.5. The van der Waals surface area contributed by atoms with Crippen LogP contribution >= 0.6 is 23.2 Å². The van der Waals surface area contributed by atoms with E-state index in [1.54, 1.807) is 12.1 Å². The molecule has 2 unspecified atom stereocenters. The third-order valence-corrected chi connectivity index (χ3v) is 5.72. The fourth-order valence-corrected chi connectivity index (χ4v) is 3.94. The molecule has 13 heteroatoms. The number of hydrogen-bond donors (Lipinski definition) is 2. The third kappa shape index (κ3) is 4.95. The lowest BCUT2D eigenvalue weighted by Gasteiger charge is -2.33. The number of aromatic nitrogens is 2. The molecule has 2 heterocycles. The minimum atomic E-state index is -4.82. The summed E-state index contributed by atoms with van der Waals surface area (Å²) in [5.74, 6) is -1.22. The predicted octanol–water partition coefficient (Wildman–Crippen LogP) is 7.12. The van der Waals surface area contributed by atoms with Crippen molar-refractivity contribution in [1.29, 1.82) is 0 Å². The Morgan fingerprint density at radius 2 is 1.65 bits per heavy atom. The van der Waals surface area contributed by atoms with E-state index in [4.69, 9.17) is 23.2 Å². The molecule has 0 spiro atoms. The SMILES string of the molecule is O=C(Nc1ccc(Cl)cc1C(F)(F)F)c1cc2n(n1)C(C(F)(F)F)CC(c1ccc(Cl)cc1)N2. The van der Waals surface area contributed by atoms with E-state index < -0.39 is 53.7 Å². The van der Waals surface area contributed by atoms with Gasteiger partial charge in [0.25, 0.3) is 5.91 Å². The zero-order valence-corrected chi connectivity index (χ0v) is 18.3. The molecule has 1 aliphatic heterocycles. The van der Waals surface area contributed by atoms with Crippen molar-refractivity contribution in [3.8, 4) is 0 Å². The fourth-order valence-electron chi connectivity index (χ4n) is 3.64. The minimum Gasteiger partial charge on any atom is -0.363 e. The average molecular weight is 523 g/mol. The number of carbonyl (C=O) groups excluding carboxylic acids is 1. The molecule has 3 aromatic rings. The lowest BCUT2D eigenvalue weighted by Crippen LogP contribution is -2.35. The maximum atomic E-state index is 13.8. The molecule has 4 rings (SSSR count). The van der Waals surface area contributed by atoms with E-state index in [1.807, 2.05) is 0 Å². The number of amides is 1. The maximum Gasteiger partial charge on any atom is 0.418 e. The van der Waals surface area contributed by atoms with Gasteiger partial charge in [0.2, 0.25) is 0 Å². The molecule has 1 aliphatic rings. The second-order valence-corrected chi connectivity index (χ2v) is 8.42. The Morgan fingerprint density at radius 1 is 1.00 bits per heavy atom. The van der Waals surface area contributed by atoms with Gasteiger partial charge in [-0.15, -0.1) is 0 Å². The van der Waals surface area contributed by atoms with Crippen LogP contribution in [-0.2, 0) is 6.18 Å². The number of rotatable bonds is 3. The Kier molecular flexibility index (Phi) is 6.19. The first-order valence-electron chi connectivity index (χ1n) is 9.69. The minimum absolute atomic E-state index is 0.106. The summed E-state index contributed by atoms with van der Waals surface area (Å²) in [5.41, 5.74) is -1.76. The Bertz CT molecular complexity index is 1220. The molecular formula is C21H14Cl2F6N4O. The topological polar surface area (TPSA) is 59.0 Å². The lowest BCUT2D eigenvalue weighted by atomic mass is 9.97. The van der Waals surface area contributed by atoms with Gasteiger partial charge >= 0.3 is 12.4 Å². The average Bonchev–Trinajstić information content (AvgIpc) is 3.17. The number of nitrogens with zero attached hydrogens (tertiary/aromatic N) is 2. The molecule has 0 saturated heterocycles. The fraction of sp³-hybridized carbons (Fsp3) is 0.238. The van der Waals surface area contributed by atoms with Gasteiger partial charge < -0.3 is 10.6 Å². The smallest absolute Gasteiger partial charge is 0.363 e. The molecule has 1 amide bonds. The largest absolute Gasteiger partial charge is 0.418 e. The first kappa shape index (κ1) is 24.2. The van der Waals surface area contributed by atoms with Crippen LogP contribution in [0.15, 0.2) is 48.5 Å². The molecule has 2 N–H and O–H groups in total. The van der Waals surface area contributed by atoms with Crippen molar-refractivity contribution in [1.82, 2.24) is 9.78 Å². The Labute approximate surface area is 198 Å². The summed E-state index contributed by atoms with van der Waals surface area (Å²) < 4.78 is 81.9. The van der Waals surface area contributed by atoms with Crippen molar-refractivity contribution in [3.05, 3.63) is 75.4 Å². The number of carbonyl (C=O) groups is 1. The van der Waals surface area contributed by atoms with Gasteiger partial charge in [0.1, 0.15) is 5.82 Å². The van der Waals surface area contributed by atoms with E-state index in [0.29, 0.717) is 21.3 Å². The maximum absolute atomic E-state index is 13.8. The van der Waals surface area contributed by atoms with Crippen LogP contribution in [0, 0.1) is 0 Å². The summed E-state index contributed by atoms with van der Waals surface area (Å²) in [4.78, 5) is 12.6. The van der Waals surface area contributed by atoms with Crippen molar-refractivity contribution in [3.63, 3.8) is 0 Å². The monoisotopic (exact) mass is 522 g/mol. The van der Waals surface area contributed by atoms with Gasteiger partial charge in [0.05, 0.1) is 17.3 Å². The molecule has 180 valence electrons. The highest BCUT2D eigenvalue weighted by molar-refractivity contribution is 6.31. The van der Waals surface area contributed by atoms with Crippen molar-refractivity contribution in [2.75, 3.05) is 10.6 Å². The zero-order chi connectivity index (χ0) is 24.8. The first-order chi connectivity index (χ1) is 15.8. The molecule has 1 aromatic heterocycles. The summed E-state index contributed by atoms with van der Waals surface area (Å²) in [7, 11) is 0. The van der Waals surface area contributed by atoms with Gasteiger partial charge in [-0.1, -0.05) is 35.3 Å². The first-order valence-corrected chi connectivity index (χ1v) is 10.4. The Hall–Kier alpha value is -2.92. The number of halogens is 8. The second-order valence-electron chi connectivity index (χ2n) is 7.54. The molecule has 2 aromatic carbocycles. The summed E-state index contributed by atoms with van der Waals surface area (Å²) in [6.45, 7) is 0. The van der Waals surface area contributed by atoms with E-state index in [9.17, 15) is 31.1 Å². The summed E-state index contributed by atoms with van der Waals surface area (Å²) in [6, 6.07) is 7.18. The quantitative estimate of drug-likeness (QED) is 0.360. The van der Waals surface area contributed by atoms with Crippen LogP contribution < -0.4 is 10.6 Å². The third-order valence-electron chi connectivity index (χ3n) is 5.23. The normalized spacial score (nSPS) is 18.2. The Balaban J connectivity index is 1.66. The van der Waals surface area contributed by atoms with Crippen molar-refractivity contribution in [2.24, 2.45) is 0 Å². The van der Waals surface area contributed by atoms with Gasteiger partial charge in [0, 0.05) is 22.5 Å². The molecular weight excluding hydrogens is 509 g/mol. The van der Waals surface area contributed by atoms with E-state index in [0.717, 1.165) is 18.2 Å². The number of anilines is 2. The van der Waals surface area contributed by atoms with E-state index in [1.165, 1.54) is 12.1 Å². The van der Waals surface area contributed by atoms with Crippen molar-refractivity contribution in [2.45, 2.75) is 30.9 Å². The highest BCUT2D eigenvalue weighted by Crippen LogP contribution is 2.44. The van der Waals surface area contributed by atoms with Crippen LogP contribution in [0.25, 0.3) is 0 Å². The van der Waals surface area contributed by atoms with Crippen LogP contribution in [0.4, 0.5) is 37.8 Å². The van der Waals surface area contributed by atoms with E-state index >= 15 is 0 Å². The summed E-state index contributed by atoms with van der Waals surface area (Å²) in [5, 5.41) is 8.90. The van der Waals surface area contributed by atoms with Gasteiger partial charge in [-0.05, 0) is 35.9 Å². The highest BCUT2D eigenvalue weighted by atomic mass is 35.5. The van der Waals surface area contributed by atoms with Crippen LogP contribution in [0.2, 0.25) is 10.0 Å². The zero-order valence-electron chi connectivity index (χ0n) is 16.8. The molecule has 2 atom stereocenters. The molecule has 34 heavy (non-hydrogen) atoms. The highest BCUT2D eigenvalue weighted by Gasteiger charge is 2.47. The molecule has 0 aliphatic carbocycles. The predicted molar refractivity (Wildman–Crippen MR) is 114 cm³/mol. The molecule has 5 nitrogen and oxygen atoms in total. The van der Waals surface area contributed by atoms with E-state index in [2.05, 4.69) is 15.7 Å².